The Labute approximate surface area is 114 Å². The summed E-state index contributed by atoms with van der Waals surface area (Å²) >= 11 is 0. The Balaban J connectivity index is 3.18. The van der Waals surface area contributed by atoms with Crippen molar-refractivity contribution in [1.82, 2.24) is 4.31 Å². The zero-order chi connectivity index (χ0) is 15.6. The van der Waals surface area contributed by atoms with Crippen molar-refractivity contribution in [2.24, 2.45) is 0 Å². The van der Waals surface area contributed by atoms with Crippen molar-refractivity contribution in [3.63, 3.8) is 0 Å². The van der Waals surface area contributed by atoms with Gasteiger partial charge in [0.1, 0.15) is 6.54 Å². The first-order chi connectivity index (χ1) is 9.08. The maximum atomic E-state index is 12.4. The van der Waals surface area contributed by atoms with Crippen molar-refractivity contribution in [2.45, 2.75) is 18.0 Å². The predicted octanol–water partition coefficient (Wildman–Crippen LogP) is 1.12. The van der Waals surface area contributed by atoms with Crippen molar-refractivity contribution < 1.29 is 26.7 Å². The first kappa shape index (κ1) is 16.7. The Morgan fingerprint density at radius 3 is 2.40 bits per heavy atom. The van der Waals surface area contributed by atoms with Crippen molar-refractivity contribution in [3.05, 3.63) is 23.8 Å². The molecule has 3 N–H and O–H groups in total. The van der Waals surface area contributed by atoms with Crippen LogP contribution in [0.15, 0.2) is 23.1 Å². The molecule has 9 heteroatoms. The lowest BCUT2D eigenvalue weighted by Gasteiger charge is -2.22. The molecule has 0 saturated carbocycles. The van der Waals surface area contributed by atoms with Crippen molar-refractivity contribution in [3.8, 4) is 0 Å². The zero-order valence-electron chi connectivity index (χ0n) is 10.7. The number of hydrogen-bond donors (Lipinski definition) is 2. The highest BCUT2D eigenvalue weighted by molar-refractivity contribution is 7.89. The van der Waals surface area contributed by atoms with Gasteiger partial charge in [0.15, 0.2) is 0 Å². The fourth-order valence-electron chi connectivity index (χ4n) is 1.52. The van der Waals surface area contributed by atoms with E-state index in [1.807, 2.05) is 0 Å². The number of rotatable bonds is 5. The third-order valence-corrected chi connectivity index (χ3v) is 4.43. The minimum absolute atomic E-state index is 0.169. The lowest BCUT2D eigenvalue weighted by molar-refractivity contribution is -0.136. The molecular weight excluding hydrogens is 297 g/mol. The second kappa shape index (κ2) is 5.98. The topological polar surface area (TPSA) is 83.6 Å². The highest BCUT2D eigenvalue weighted by Crippen LogP contribution is 2.24. The Morgan fingerprint density at radius 1 is 1.35 bits per heavy atom. The third kappa shape index (κ3) is 4.09. The van der Waals surface area contributed by atoms with Crippen LogP contribution in [0.4, 0.5) is 18.9 Å². The highest BCUT2D eigenvalue weighted by Gasteiger charge is 2.36. The van der Waals surface area contributed by atoms with Gasteiger partial charge >= 0.3 is 6.18 Å². The molecule has 0 unspecified atom stereocenters. The van der Waals surface area contributed by atoms with E-state index in [9.17, 15) is 21.6 Å². The number of anilines is 1. The summed E-state index contributed by atoms with van der Waals surface area (Å²) in [5, 5.41) is 8.74. The summed E-state index contributed by atoms with van der Waals surface area (Å²) in [6.07, 6.45) is -4.70. The molecule has 0 spiro atoms. The fourth-order valence-corrected chi connectivity index (χ4v) is 2.98. The number of halogens is 3. The third-order valence-electron chi connectivity index (χ3n) is 2.59. The molecule has 20 heavy (non-hydrogen) atoms. The molecule has 1 aromatic rings. The Hall–Kier alpha value is -1.32. The number of aryl methyl sites for hydroxylation is 1. The van der Waals surface area contributed by atoms with Crippen LogP contribution in [0.1, 0.15) is 5.56 Å². The summed E-state index contributed by atoms with van der Waals surface area (Å²) in [5.41, 5.74) is 6.35. The van der Waals surface area contributed by atoms with Gasteiger partial charge in [0.05, 0.1) is 11.5 Å². The maximum absolute atomic E-state index is 12.4. The molecule has 1 aromatic carbocycles. The predicted molar refractivity (Wildman–Crippen MR) is 67.5 cm³/mol. The van der Waals surface area contributed by atoms with E-state index < -0.39 is 35.9 Å². The molecule has 114 valence electrons. The Bertz CT molecular complexity index is 573. The minimum Gasteiger partial charge on any atom is -0.398 e. The Kier molecular flexibility index (Phi) is 5.00. The standard InChI is InChI=1S/C11H15F3N2O3S/c1-8-2-3-9(6-10(8)15)20(18,19)16(4-5-17)7-11(12,13)14/h2-3,6,17H,4-5,7,15H2,1H3. The summed E-state index contributed by atoms with van der Waals surface area (Å²) in [6.45, 7) is -1.37. The molecule has 0 aliphatic heterocycles. The van der Waals surface area contributed by atoms with Crippen LogP contribution in [-0.4, -0.2) is 43.7 Å². The van der Waals surface area contributed by atoms with Crippen LogP contribution in [0.2, 0.25) is 0 Å². The van der Waals surface area contributed by atoms with E-state index in [-0.39, 0.29) is 14.9 Å². The summed E-state index contributed by atoms with van der Waals surface area (Å²) in [6, 6.07) is 3.69. The van der Waals surface area contributed by atoms with Crippen molar-refractivity contribution in [2.75, 3.05) is 25.4 Å². The number of sulfonamides is 1. The number of aliphatic hydroxyl groups excluding tert-OH is 1. The molecule has 0 aromatic heterocycles. The van der Waals surface area contributed by atoms with E-state index in [1.165, 1.54) is 12.1 Å². The quantitative estimate of drug-likeness (QED) is 0.798. The van der Waals surface area contributed by atoms with Gasteiger partial charge in [-0.2, -0.15) is 17.5 Å². The number of nitrogens with two attached hydrogens (primary N) is 1. The fraction of sp³-hybridized carbons (Fsp3) is 0.455. The summed E-state index contributed by atoms with van der Waals surface area (Å²) in [7, 11) is -4.36. The van der Waals surface area contributed by atoms with E-state index in [4.69, 9.17) is 10.8 Å². The molecule has 5 nitrogen and oxygen atoms in total. The van der Waals surface area contributed by atoms with Crippen molar-refractivity contribution in [1.29, 1.82) is 0 Å². The van der Waals surface area contributed by atoms with Gasteiger partial charge in [-0.05, 0) is 24.6 Å². The molecule has 0 amide bonds. The van der Waals surface area contributed by atoms with Crippen LogP contribution < -0.4 is 5.73 Å². The largest absolute Gasteiger partial charge is 0.402 e. The highest BCUT2D eigenvalue weighted by atomic mass is 32.2. The molecule has 0 radical (unpaired) electrons. The molecule has 0 aliphatic rings. The van der Waals surface area contributed by atoms with Gasteiger partial charge in [0.25, 0.3) is 0 Å². The molecular formula is C11H15F3N2O3S. The van der Waals surface area contributed by atoms with Crippen LogP contribution in [0.5, 0.6) is 0 Å². The number of hydrogen-bond acceptors (Lipinski definition) is 4. The number of nitrogens with zero attached hydrogens (tertiary/aromatic N) is 1. The summed E-state index contributed by atoms with van der Waals surface area (Å²) in [5.74, 6) is 0. The minimum atomic E-state index is -4.70. The van der Waals surface area contributed by atoms with Gasteiger partial charge in [-0.25, -0.2) is 8.42 Å². The van der Waals surface area contributed by atoms with E-state index in [1.54, 1.807) is 6.92 Å². The zero-order valence-corrected chi connectivity index (χ0v) is 11.5. The van der Waals surface area contributed by atoms with Gasteiger partial charge in [-0.3, -0.25) is 0 Å². The van der Waals surface area contributed by atoms with Crippen LogP contribution in [0.3, 0.4) is 0 Å². The van der Waals surface area contributed by atoms with Gasteiger partial charge in [0.2, 0.25) is 10.0 Å². The van der Waals surface area contributed by atoms with E-state index in [0.29, 0.717) is 5.56 Å². The molecule has 0 atom stereocenters. The van der Waals surface area contributed by atoms with Crippen LogP contribution in [0, 0.1) is 6.92 Å². The second-order valence-corrected chi connectivity index (χ2v) is 6.13. The summed E-state index contributed by atoms with van der Waals surface area (Å²) < 4.78 is 61.6. The molecule has 0 fully saturated rings. The average Bonchev–Trinajstić information content (AvgIpc) is 2.30. The molecule has 0 bridgehead atoms. The number of alkyl halides is 3. The monoisotopic (exact) mass is 312 g/mol. The summed E-state index contributed by atoms with van der Waals surface area (Å²) in [4.78, 5) is -0.335. The lowest BCUT2D eigenvalue weighted by atomic mass is 10.2. The Morgan fingerprint density at radius 2 is 1.95 bits per heavy atom. The van der Waals surface area contributed by atoms with Gasteiger partial charge in [0, 0.05) is 12.2 Å². The van der Waals surface area contributed by atoms with Crippen molar-refractivity contribution >= 4 is 15.7 Å². The van der Waals surface area contributed by atoms with Crippen LogP contribution in [0.25, 0.3) is 0 Å². The maximum Gasteiger partial charge on any atom is 0.402 e. The first-order valence-corrected chi connectivity index (χ1v) is 7.06. The average molecular weight is 312 g/mol. The van der Waals surface area contributed by atoms with E-state index in [0.717, 1.165) is 6.07 Å². The van der Waals surface area contributed by atoms with Gasteiger partial charge in [-0.1, -0.05) is 6.07 Å². The van der Waals surface area contributed by atoms with Gasteiger partial charge < -0.3 is 10.8 Å². The van der Waals surface area contributed by atoms with Crippen LogP contribution in [-0.2, 0) is 10.0 Å². The second-order valence-electron chi connectivity index (χ2n) is 4.20. The van der Waals surface area contributed by atoms with Crippen LogP contribution >= 0.6 is 0 Å². The first-order valence-electron chi connectivity index (χ1n) is 5.62. The number of aliphatic hydroxyl groups is 1. The van der Waals surface area contributed by atoms with E-state index >= 15 is 0 Å². The van der Waals surface area contributed by atoms with E-state index in [2.05, 4.69) is 0 Å². The lowest BCUT2D eigenvalue weighted by Crippen LogP contribution is -2.40. The number of nitrogen functional groups attached to an aromatic ring is 1. The van der Waals surface area contributed by atoms with Gasteiger partial charge in [-0.15, -0.1) is 0 Å². The molecule has 0 heterocycles. The SMILES string of the molecule is Cc1ccc(S(=O)(=O)N(CCO)CC(F)(F)F)cc1N. The normalized spacial score (nSPS) is 12.9. The molecule has 0 aliphatic carbocycles. The molecule has 1 rings (SSSR count). The smallest absolute Gasteiger partial charge is 0.398 e. The number of benzene rings is 1. The molecule has 0 saturated heterocycles.